The smallest absolute Gasteiger partial charge is 0.274 e. The van der Waals surface area contributed by atoms with E-state index in [0.29, 0.717) is 12.3 Å². The van der Waals surface area contributed by atoms with Gasteiger partial charge >= 0.3 is 0 Å². The Hall–Kier alpha value is -2.83. The number of H-pyrrole nitrogens is 1. The molecular formula is C23H23N3O2S. The maximum atomic E-state index is 12.4. The second-order valence-corrected chi connectivity index (χ2v) is 8.94. The average Bonchev–Trinajstić information content (AvgIpc) is 3.12. The topological polar surface area (TPSA) is 59.4 Å². The minimum absolute atomic E-state index is 0.172. The van der Waals surface area contributed by atoms with Crippen LogP contribution in [0.25, 0.3) is 16.8 Å². The summed E-state index contributed by atoms with van der Waals surface area (Å²) in [6.45, 7) is 6.31. The van der Waals surface area contributed by atoms with E-state index in [1.165, 1.54) is 15.5 Å². The van der Waals surface area contributed by atoms with Crippen LogP contribution in [0.1, 0.15) is 26.5 Å². The Morgan fingerprint density at radius 3 is 2.41 bits per heavy atom. The molecule has 4 rings (SSSR count). The van der Waals surface area contributed by atoms with Crippen LogP contribution in [0.15, 0.2) is 81.4 Å². The monoisotopic (exact) mass is 405 g/mol. The summed E-state index contributed by atoms with van der Waals surface area (Å²) >= 11 is 1.72. The number of rotatable bonds is 5. The Morgan fingerprint density at radius 2 is 1.72 bits per heavy atom. The van der Waals surface area contributed by atoms with Crippen LogP contribution in [0.2, 0.25) is 0 Å². The van der Waals surface area contributed by atoms with Crippen LogP contribution in [0.3, 0.4) is 0 Å². The zero-order chi connectivity index (χ0) is 20.4. The van der Waals surface area contributed by atoms with E-state index in [9.17, 15) is 4.79 Å². The lowest BCUT2D eigenvalue weighted by Crippen LogP contribution is -2.21. The molecule has 0 aliphatic carbocycles. The lowest BCUT2D eigenvalue weighted by Gasteiger charge is -2.19. The number of nitrogens with one attached hydrogen (secondary N) is 1. The summed E-state index contributed by atoms with van der Waals surface area (Å²) in [5.41, 5.74) is 2.84. The normalized spacial score (nSPS) is 11.8. The summed E-state index contributed by atoms with van der Waals surface area (Å²) < 4.78 is 7.20. The summed E-state index contributed by atoms with van der Waals surface area (Å²) in [5, 5.41) is 4.26. The largest absolute Gasteiger partial charge is 0.370 e. The summed E-state index contributed by atoms with van der Waals surface area (Å²) in [4.78, 5) is 18.1. The highest BCUT2D eigenvalue weighted by molar-refractivity contribution is 7.99. The number of fused-ring (bicyclic) bond motifs is 1. The van der Waals surface area contributed by atoms with Gasteiger partial charge in [0.15, 0.2) is 0 Å². The standard InChI is InChI=1S/C23H23N3O2S/c1-23(2,3)28-15-17-13-21(27)26-22(25-17)20(14-24-26)16-9-11-19(12-10-16)29-18-7-5-4-6-8-18/h4-14,25H,15H2,1-3H3. The molecule has 0 aliphatic rings. The van der Waals surface area contributed by atoms with Crippen molar-refractivity contribution in [1.82, 2.24) is 14.6 Å². The van der Waals surface area contributed by atoms with Crippen molar-refractivity contribution in [2.24, 2.45) is 0 Å². The molecule has 0 bridgehead atoms. The molecule has 1 N–H and O–H groups in total. The van der Waals surface area contributed by atoms with Crippen LogP contribution >= 0.6 is 11.8 Å². The second-order valence-electron chi connectivity index (χ2n) is 7.79. The molecule has 0 unspecified atom stereocenters. The van der Waals surface area contributed by atoms with Crippen LogP contribution in [-0.4, -0.2) is 20.2 Å². The Bertz CT molecular complexity index is 1170. The molecule has 0 radical (unpaired) electrons. The van der Waals surface area contributed by atoms with Crippen molar-refractivity contribution in [2.45, 2.75) is 42.8 Å². The molecule has 0 saturated carbocycles. The third-order valence-electron chi connectivity index (χ3n) is 4.36. The highest BCUT2D eigenvalue weighted by Gasteiger charge is 2.14. The summed E-state index contributed by atoms with van der Waals surface area (Å²) in [7, 11) is 0. The molecule has 0 amide bonds. The Morgan fingerprint density at radius 1 is 1.03 bits per heavy atom. The van der Waals surface area contributed by atoms with Gasteiger partial charge in [0, 0.05) is 27.1 Å². The fraction of sp³-hybridized carbons (Fsp3) is 0.217. The van der Waals surface area contributed by atoms with Gasteiger partial charge in [-0.1, -0.05) is 42.1 Å². The zero-order valence-electron chi connectivity index (χ0n) is 16.7. The predicted octanol–water partition coefficient (Wildman–Crippen LogP) is 5.16. The number of hydrogen-bond acceptors (Lipinski definition) is 4. The highest BCUT2D eigenvalue weighted by Crippen LogP contribution is 2.30. The second kappa shape index (κ2) is 7.89. The Balaban J connectivity index is 1.63. The van der Waals surface area contributed by atoms with Crippen LogP contribution in [0.4, 0.5) is 0 Å². The maximum absolute atomic E-state index is 12.4. The highest BCUT2D eigenvalue weighted by atomic mass is 32.2. The number of aromatic amines is 1. The first-order valence-corrected chi connectivity index (χ1v) is 10.3. The summed E-state index contributed by atoms with van der Waals surface area (Å²) in [6.07, 6.45) is 1.72. The van der Waals surface area contributed by atoms with E-state index in [1.807, 2.05) is 39.0 Å². The van der Waals surface area contributed by atoms with E-state index in [-0.39, 0.29) is 11.2 Å². The number of ether oxygens (including phenoxy) is 1. The first-order chi connectivity index (χ1) is 13.9. The zero-order valence-corrected chi connectivity index (χ0v) is 17.5. The molecule has 0 spiro atoms. The lowest BCUT2D eigenvalue weighted by molar-refractivity contribution is -0.0164. The van der Waals surface area contributed by atoms with Crippen molar-refractivity contribution < 1.29 is 4.74 Å². The van der Waals surface area contributed by atoms with E-state index in [4.69, 9.17) is 4.74 Å². The van der Waals surface area contributed by atoms with Crippen LogP contribution < -0.4 is 5.56 Å². The van der Waals surface area contributed by atoms with Gasteiger partial charge in [0.05, 0.1) is 18.4 Å². The van der Waals surface area contributed by atoms with Crippen LogP contribution in [-0.2, 0) is 11.3 Å². The van der Waals surface area contributed by atoms with Gasteiger partial charge in [-0.05, 0) is 50.6 Å². The Labute approximate surface area is 173 Å². The maximum Gasteiger partial charge on any atom is 0.274 e. The molecule has 6 heteroatoms. The Kier molecular flexibility index (Phi) is 5.30. The number of aromatic nitrogens is 3. The van der Waals surface area contributed by atoms with E-state index in [0.717, 1.165) is 21.7 Å². The molecule has 0 aliphatic heterocycles. The van der Waals surface area contributed by atoms with Gasteiger partial charge in [0.1, 0.15) is 5.65 Å². The van der Waals surface area contributed by atoms with E-state index in [1.54, 1.807) is 18.0 Å². The van der Waals surface area contributed by atoms with Crippen LogP contribution in [0, 0.1) is 0 Å². The molecule has 0 saturated heterocycles. The van der Waals surface area contributed by atoms with Gasteiger partial charge in [-0.2, -0.15) is 9.61 Å². The van der Waals surface area contributed by atoms with E-state index >= 15 is 0 Å². The lowest BCUT2D eigenvalue weighted by atomic mass is 10.1. The summed E-state index contributed by atoms with van der Waals surface area (Å²) in [5.74, 6) is 0. The number of benzene rings is 2. The van der Waals surface area contributed by atoms with Gasteiger partial charge in [-0.3, -0.25) is 4.79 Å². The molecule has 4 aromatic rings. The van der Waals surface area contributed by atoms with Gasteiger partial charge < -0.3 is 9.72 Å². The third kappa shape index (κ3) is 4.60. The fourth-order valence-corrected chi connectivity index (χ4v) is 3.78. The van der Waals surface area contributed by atoms with Gasteiger partial charge in [-0.15, -0.1) is 0 Å². The molecule has 29 heavy (non-hydrogen) atoms. The third-order valence-corrected chi connectivity index (χ3v) is 5.38. The molecule has 148 valence electrons. The SMILES string of the molecule is CC(C)(C)OCc1cc(=O)n2ncc(-c3ccc(Sc4ccccc4)cc3)c2[nH]1. The van der Waals surface area contributed by atoms with Crippen molar-refractivity contribution in [2.75, 3.05) is 0 Å². The quantitative estimate of drug-likeness (QED) is 0.498. The van der Waals surface area contributed by atoms with Gasteiger partial charge in [0.2, 0.25) is 0 Å². The first-order valence-electron chi connectivity index (χ1n) is 9.46. The summed E-state index contributed by atoms with van der Waals surface area (Å²) in [6, 6.07) is 20.1. The van der Waals surface area contributed by atoms with Gasteiger partial charge in [0.25, 0.3) is 5.56 Å². The minimum Gasteiger partial charge on any atom is -0.370 e. The van der Waals surface area contributed by atoms with Crippen molar-refractivity contribution in [1.29, 1.82) is 0 Å². The van der Waals surface area contributed by atoms with Gasteiger partial charge in [-0.25, -0.2) is 0 Å². The molecule has 0 fully saturated rings. The molecule has 0 atom stereocenters. The fourth-order valence-electron chi connectivity index (χ4n) is 2.94. The number of nitrogens with zero attached hydrogens (tertiary/aromatic N) is 2. The van der Waals surface area contributed by atoms with E-state index < -0.39 is 0 Å². The molecular weight excluding hydrogens is 382 g/mol. The van der Waals surface area contributed by atoms with Crippen molar-refractivity contribution in [3.05, 3.63) is 82.9 Å². The first kappa shape index (κ1) is 19.5. The van der Waals surface area contributed by atoms with Crippen LogP contribution in [0.5, 0.6) is 0 Å². The molecule has 5 nitrogen and oxygen atoms in total. The minimum atomic E-state index is -0.279. The van der Waals surface area contributed by atoms with Crippen molar-refractivity contribution >= 4 is 17.4 Å². The molecule has 2 aromatic carbocycles. The van der Waals surface area contributed by atoms with Crippen molar-refractivity contribution in [3.8, 4) is 11.1 Å². The number of hydrogen-bond donors (Lipinski definition) is 1. The molecule has 2 aromatic heterocycles. The predicted molar refractivity (Wildman–Crippen MR) is 116 cm³/mol. The molecule has 2 heterocycles. The average molecular weight is 406 g/mol. The van der Waals surface area contributed by atoms with E-state index in [2.05, 4.69) is 46.5 Å². The van der Waals surface area contributed by atoms with Crippen molar-refractivity contribution in [3.63, 3.8) is 0 Å².